The highest BCUT2D eigenvalue weighted by Gasteiger charge is 2.31. The summed E-state index contributed by atoms with van der Waals surface area (Å²) in [5.41, 5.74) is 1.14. The molecule has 1 fully saturated rings. The Hall–Kier alpha value is -1.14. The number of benzene rings is 1. The number of hydrogen-bond donors (Lipinski definition) is 0. The van der Waals surface area contributed by atoms with E-state index in [0.29, 0.717) is 30.0 Å². The Labute approximate surface area is 130 Å². The zero-order valence-corrected chi connectivity index (χ0v) is 13.4. The molecule has 6 heteroatoms. The molecule has 0 radical (unpaired) electrons. The van der Waals surface area contributed by atoms with Crippen LogP contribution in [0.5, 0.6) is 0 Å². The first-order valence-corrected chi connectivity index (χ1v) is 7.97. The van der Waals surface area contributed by atoms with Gasteiger partial charge in [-0.1, -0.05) is 27.7 Å². The number of carbonyl (C=O) groups excluding carboxylic acids is 3. The molecule has 0 N–H and O–H groups in total. The van der Waals surface area contributed by atoms with Gasteiger partial charge in [0.05, 0.1) is 5.69 Å². The van der Waals surface area contributed by atoms with Crippen LogP contribution in [-0.4, -0.2) is 29.6 Å². The van der Waals surface area contributed by atoms with Crippen molar-refractivity contribution >= 4 is 50.7 Å². The second kappa shape index (κ2) is 6.54. The Morgan fingerprint density at radius 3 is 2.95 bits per heavy atom. The summed E-state index contributed by atoms with van der Waals surface area (Å²) in [6, 6.07) is 5.28. The Kier molecular flexibility index (Phi) is 4.99. The fraction of sp³-hybridized carbons (Fsp3) is 0.357. The fourth-order valence-corrected chi connectivity index (χ4v) is 3.30. The predicted molar refractivity (Wildman–Crippen MR) is 83.1 cm³/mol. The van der Waals surface area contributed by atoms with E-state index in [4.69, 9.17) is 0 Å². The van der Waals surface area contributed by atoms with Crippen LogP contribution in [0.25, 0.3) is 0 Å². The molecule has 0 saturated carbocycles. The lowest BCUT2D eigenvalue weighted by atomic mass is 10.1. The molecule has 1 aliphatic heterocycles. The van der Waals surface area contributed by atoms with Crippen LogP contribution in [0.1, 0.15) is 23.7 Å². The third-order valence-electron chi connectivity index (χ3n) is 3.13. The number of amides is 1. The molecule has 4 nitrogen and oxygen atoms in total. The average Bonchev–Trinajstić information content (AvgIpc) is 2.77. The van der Waals surface area contributed by atoms with Crippen molar-refractivity contribution in [3.8, 4) is 0 Å². The van der Waals surface area contributed by atoms with E-state index in [2.05, 4.69) is 15.9 Å². The molecule has 0 spiro atoms. The third kappa shape index (κ3) is 3.49. The maximum atomic E-state index is 12.1. The SMILES string of the molecule is CC(=O)SCC1CC(=O)N(c2ccc(Br)cc2C=O)C1. The van der Waals surface area contributed by atoms with Gasteiger partial charge in [0.25, 0.3) is 0 Å². The molecule has 1 amide bonds. The molecule has 0 aromatic heterocycles. The molecule has 1 aliphatic rings. The smallest absolute Gasteiger partial charge is 0.227 e. The molecule has 1 aromatic carbocycles. The van der Waals surface area contributed by atoms with Gasteiger partial charge in [0.2, 0.25) is 5.91 Å². The summed E-state index contributed by atoms with van der Waals surface area (Å²) in [6.07, 6.45) is 1.18. The Morgan fingerprint density at radius 1 is 1.55 bits per heavy atom. The minimum atomic E-state index is 0.00424. The first-order valence-electron chi connectivity index (χ1n) is 6.19. The first kappa shape index (κ1) is 15.3. The second-order valence-corrected chi connectivity index (χ2v) is 6.81. The molecule has 1 saturated heterocycles. The number of aldehydes is 1. The molecule has 20 heavy (non-hydrogen) atoms. The van der Waals surface area contributed by atoms with Crippen molar-refractivity contribution in [2.45, 2.75) is 13.3 Å². The van der Waals surface area contributed by atoms with Crippen LogP contribution >= 0.6 is 27.7 Å². The summed E-state index contributed by atoms with van der Waals surface area (Å²) in [5.74, 6) is 0.800. The second-order valence-electron chi connectivity index (χ2n) is 4.70. The van der Waals surface area contributed by atoms with E-state index in [9.17, 15) is 14.4 Å². The van der Waals surface area contributed by atoms with Crippen LogP contribution in [-0.2, 0) is 9.59 Å². The largest absolute Gasteiger partial charge is 0.311 e. The van der Waals surface area contributed by atoms with E-state index >= 15 is 0 Å². The zero-order valence-electron chi connectivity index (χ0n) is 11.0. The molecule has 1 aromatic rings. The van der Waals surface area contributed by atoms with Crippen molar-refractivity contribution in [3.05, 3.63) is 28.2 Å². The van der Waals surface area contributed by atoms with Crippen LogP contribution in [0.15, 0.2) is 22.7 Å². The van der Waals surface area contributed by atoms with Crippen LogP contribution in [0.2, 0.25) is 0 Å². The van der Waals surface area contributed by atoms with Gasteiger partial charge in [0, 0.05) is 35.7 Å². The first-order chi connectivity index (χ1) is 9.51. The highest BCUT2D eigenvalue weighted by Crippen LogP contribution is 2.30. The molecular formula is C14H14BrNO3S. The zero-order chi connectivity index (χ0) is 14.7. The number of carbonyl (C=O) groups is 3. The fourth-order valence-electron chi connectivity index (χ4n) is 2.23. The van der Waals surface area contributed by atoms with E-state index in [1.165, 1.54) is 18.7 Å². The van der Waals surface area contributed by atoms with Gasteiger partial charge >= 0.3 is 0 Å². The van der Waals surface area contributed by atoms with Crippen molar-refractivity contribution in [2.24, 2.45) is 5.92 Å². The van der Waals surface area contributed by atoms with Crippen molar-refractivity contribution < 1.29 is 14.4 Å². The standard InChI is InChI=1S/C14H14BrNO3S/c1-9(18)20-8-10-4-14(19)16(6-10)13-3-2-12(15)5-11(13)7-17/h2-3,5,7,10H,4,6,8H2,1H3. The van der Waals surface area contributed by atoms with Crippen molar-refractivity contribution in [1.82, 2.24) is 0 Å². The van der Waals surface area contributed by atoms with Gasteiger partial charge < -0.3 is 4.90 Å². The van der Waals surface area contributed by atoms with Crippen molar-refractivity contribution in [1.29, 1.82) is 0 Å². The summed E-state index contributed by atoms with van der Waals surface area (Å²) in [4.78, 5) is 35.8. The number of anilines is 1. The highest BCUT2D eigenvalue weighted by molar-refractivity contribution is 9.10. The molecule has 1 atom stereocenters. The van der Waals surface area contributed by atoms with E-state index in [1.54, 1.807) is 17.0 Å². The lowest BCUT2D eigenvalue weighted by Gasteiger charge is -2.18. The summed E-state index contributed by atoms with van der Waals surface area (Å²) in [7, 11) is 0. The maximum absolute atomic E-state index is 12.1. The van der Waals surface area contributed by atoms with Crippen LogP contribution in [0.4, 0.5) is 5.69 Å². The number of thioether (sulfide) groups is 1. The lowest BCUT2D eigenvalue weighted by molar-refractivity contribution is -0.117. The molecule has 1 unspecified atom stereocenters. The number of rotatable bonds is 4. The Bertz CT molecular complexity index is 561. The maximum Gasteiger partial charge on any atom is 0.227 e. The van der Waals surface area contributed by atoms with E-state index in [1.807, 2.05) is 6.07 Å². The number of hydrogen-bond acceptors (Lipinski definition) is 4. The highest BCUT2D eigenvalue weighted by atomic mass is 79.9. The van der Waals surface area contributed by atoms with E-state index < -0.39 is 0 Å². The van der Waals surface area contributed by atoms with Crippen LogP contribution < -0.4 is 4.90 Å². The van der Waals surface area contributed by atoms with Gasteiger partial charge in [-0.05, 0) is 24.1 Å². The van der Waals surface area contributed by atoms with E-state index in [0.717, 1.165) is 10.8 Å². The Morgan fingerprint density at radius 2 is 2.30 bits per heavy atom. The molecule has 0 bridgehead atoms. The normalized spacial score (nSPS) is 18.4. The molecule has 0 aliphatic carbocycles. The van der Waals surface area contributed by atoms with Gasteiger partial charge in [0.15, 0.2) is 11.4 Å². The molecule has 1 heterocycles. The average molecular weight is 356 g/mol. The lowest BCUT2D eigenvalue weighted by Crippen LogP contribution is -2.25. The van der Waals surface area contributed by atoms with Gasteiger partial charge in [-0.2, -0.15) is 0 Å². The summed E-state index contributed by atoms with van der Waals surface area (Å²) >= 11 is 4.56. The van der Waals surface area contributed by atoms with Crippen molar-refractivity contribution in [2.75, 3.05) is 17.2 Å². The van der Waals surface area contributed by atoms with Gasteiger partial charge in [-0.25, -0.2) is 0 Å². The van der Waals surface area contributed by atoms with Crippen molar-refractivity contribution in [3.63, 3.8) is 0 Å². The van der Waals surface area contributed by atoms with Crippen LogP contribution in [0.3, 0.4) is 0 Å². The van der Waals surface area contributed by atoms with Crippen LogP contribution in [0, 0.1) is 5.92 Å². The quantitative estimate of drug-likeness (QED) is 0.779. The third-order valence-corrected chi connectivity index (χ3v) is 4.67. The summed E-state index contributed by atoms with van der Waals surface area (Å²) in [6.45, 7) is 2.08. The summed E-state index contributed by atoms with van der Waals surface area (Å²) in [5, 5.41) is 0.0631. The molecule has 106 valence electrons. The predicted octanol–water partition coefficient (Wildman–Crippen LogP) is 2.89. The topological polar surface area (TPSA) is 54.5 Å². The minimum Gasteiger partial charge on any atom is -0.311 e. The molecule has 2 rings (SSSR count). The minimum absolute atomic E-state index is 0.00424. The molecular weight excluding hydrogens is 342 g/mol. The van der Waals surface area contributed by atoms with E-state index in [-0.39, 0.29) is 16.9 Å². The number of nitrogens with zero attached hydrogens (tertiary/aromatic N) is 1. The van der Waals surface area contributed by atoms with Gasteiger partial charge in [-0.15, -0.1) is 0 Å². The monoisotopic (exact) mass is 355 g/mol. The van der Waals surface area contributed by atoms with Gasteiger partial charge in [0.1, 0.15) is 0 Å². The number of halogens is 1. The summed E-state index contributed by atoms with van der Waals surface area (Å²) < 4.78 is 0.804. The van der Waals surface area contributed by atoms with Gasteiger partial charge in [-0.3, -0.25) is 14.4 Å². The Balaban J connectivity index is 2.15.